The smallest absolute Gasteiger partial charge is 0.347 e. The molecule has 4 rings (SSSR count). The largest absolute Gasteiger partial charge is 0.496 e. The minimum absolute atomic E-state index is 0.392. The molecule has 0 aliphatic rings. The Morgan fingerprint density at radius 3 is 2.55 bits per heavy atom. The molecule has 4 aromatic rings. The van der Waals surface area contributed by atoms with Crippen molar-refractivity contribution in [2.45, 2.75) is 0 Å². The first-order valence-corrected chi connectivity index (χ1v) is 6.19. The van der Waals surface area contributed by atoms with Gasteiger partial charge in [0, 0.05) is 10.8 Å². The molecule has 4 nitrogen and oxygen atoms in total. The van der Waals surface area contributed by atoms with E-state index in [1.165, 1.54) is 6.26 Å². The van der Waals surface area contributed by atoms with E-state index in [4.69, 9.17) is 13.6 Å². The van der Waals surface area contributed by atoms with Crippen LogP contribution in [0.1, 0.15) is 0 Å². The third kappa shape index (κ3) is 1.33. The summed E-state index contributed by atoms with van der Waals surface area (Å²) in [5.74, 6) is 0.722. The molecule has 2 aromatic carbocycles. The molecule has 4 heteroatoms. The van der Waals surface area contributed by atoms with Crippen molar-refractivity contribution in [1.82, 2.24) is 0 Å². The van der Waals surface area contributed by atoms with Crippen molar-refractivity contribution >= 4 is 32.7 Å². The second kappa shape index (κ2) is 3.87. The summed E-state index contributed by atoms with van der Waals surface area (Å²) >= 11 is 0. The highest BCUT2D eigenvalue weighted by molar-refractivity contribution is 6.14. The second-order valence-electron chi connectivity index (χ2n) is 4.55. The average Bonchev–Trinajstić information content (AvgIpc) is 2.97. The standard InChI is InChI=1S/C16H10O4/c1-18-13-8-12-14-11(6-7-19-14)16(17)20-15(12)10-5-3-2-4-9(10)13/h2-8H,1H3. The molecule has 2 heterocycles. The number of hydrogen-bond donors (Lipinski definition) is 0. The zero-order valence-corrected chi connectivity index (χ0v) is 10.7. The number of rotatable bonds is 1. The third-order valence-electron chi connectivity index (χ3n) is 3.50. The van der Waals surface area contributed by atoms with Crippen LogP contribution in [0.5, 0.6) is 5.75 Å². The topological polar surface area (TPSA) is 52.6 Å². The third-order valence-corrected chi connectivity index (χ3v) is 3.50. The average molecular weight is 266 g/mol. The van der Waals surface area contributed by atoms with Gasteiger partial charge >= 0.3 is 5.63 Å². The SMILES string of the molecule is COc1cc2c3occc3c(=O)oc2c2ccccc12. The van der Waals surface area contributed by atoms with Gasteiger partial charge in [-0.3, -0.25) is 0 Å². The van der Waals surface area contributed by atoms with Gasteiger partial charge in [0.2, 0.25) is 0 Å². The van der Waals surface area contributed by atoms with Crippen LogP contribution in [0.2, 0.25) is 0 Å². The zero-order valence-electron chi connectivity index (χ0n) is 10.7. The summed E-state index contributed by atoms with van der Waals surface area (Å²) in [6.07, 6.45) is 1.49. The van der Waals surface area contributed by atoms with Gasteiger partial charge in [0.05, 0.1) is 18.8 Å². The summed E-state index contributed by atoms with van der Waals surface area (Å²) in [4.78, 5) is 12.0. The minimum Gasteiger partial charge on any atom is -0.496 e. The van der Waals surface area contributed by atoms with Gasteiger partial charge in [-0.1, -0.05) is 24.3 Å². The lowest BCUT2D eigenvalue weighted by Crippen LogP contribution is -1.98. The van der Waals surface area contributed by atoms with Crippen molar-refractivity contribution < 1.29 is 13.6 Å². The molecule has 0 radical (unpaired) electrons. The molecular formula is C16H10O4. The monoisotopic (exact) mass is 266 g/mol. The van der Waals surface area contributed by atoms with Gasteiger partial charge in [-0.05, 0) is 12.1 Å². The van der Waals surface area contributed by atoms with E-state index in [9.17, 15) is 4.79 Å². The van der Waals surface area contributed by atoms with Crippen LogP contribution in [0.15, 0.2) is 56.3 Å². The molecule has 20 heavy (non-hydrogen) atoms. The maximum absolute atomic E-state index is 12.0. The van der Waals surface area contributed by atoms with Crippen LogP contribution in [-0.4, -0.2) is 7.11 Å². The summed E-state index contributed by atoms with van der Waals surface area (Å²) in [5.41, 5.74) is 0.658. The minimum atomic E-state index is -0.392. The van der Waals surface area contributed by atoms with Gasteiger partial charge < -0.3 is 13.6 Å². The van der Waals surface area contributed by atoms with E-state index >= 15 is 0 Å². The van der Waals surface area contributed by atoms with Crippen LogP contribution in [0.25, 0.3) is 32.7 Å². The number of methoxy groups -OCH3 is 1. The lowest BCUT2D eigenvalue weighted by atomic mass is 10.1. The number of benzene rings is 2. The van der Waals surface area contributed by atoms with E-state index in [1.807, 2.05) is 30.3 Å². The highest BCUT2D eigenvalue weighted by atomic mass is 16.5. The Labute approximate surface area is 113 Å². The van der Waals surface area contributed by atoms with Gasteiger partial charge in [-0.15, -0.1) is 0 Å². The van der Waals surface area contributed by atoms with Gasteiger partial charge in [0.1, 0.15) is 16.7 Å². The number of fused-ring (bicyclic) bond motifs is 5. The Morgan fingerprint density at radius 2 is 1.75 bits per heavy atom. The van der Waals surface area contributed by atoms with Crippen molar-refractivity contribution in [2.75, 3.05) is 7.11 Å². The Morgan fingerprint density at radius 1 is 0.950 bits per heavy atom. The maximum atomic E-state index is 12.0. The van der Waals surface area contributed by atoms with E-state index in [-0.39, 0.29) is 0 Å². The quantitative estimate of drug-likeness (QED) is 0.389. The fourth-order valence-corrected chi connectivity index (χ4v) is 2.59. The number of furan rings is 1. The molecule has 0 fully saturated rings. The van der Waals surface area contributed by atoms with Crippen molar-refractivity contribution in [2.24, 2.45) is 0 Å². The van der Waals surface area contributed by atoms with Crippen LogP contribution in [0, 0.1) is 0 Å². The normalized spacial score (nSPS) is 11.4. The Kier molecular flexibility index (Phi) is 2.15. The van der Waals surface area contributed by atoms with Crippen LogP contribution >= 0.6 is 0 Å². The molecule has 0 amide bonds. The van der Waals surface area contributed by atoms with E-state index in [0.717, 1.165) is 21.9 Å². The molecule has 0 spiro atoms. The van der Waals surface area contributed by atoms with Crippen LogP contribution in [-0.2, 0) is 0 Å². The molecule has 98 valence electrons. The molecule has 0 N–H and O–H groups in total. The number of ether oxygens (including phenoxy) is 1. The summed E-state index contributed by atoms with van der Waals surface area (Å²) < 4.78 is 16.3. The molecule has 0 bridgehead atoms. The zero-order chi connectivity index (χ0) is 13.7. The fraction of sp³-hybridized carbons (Fsp3) is 0.0625. The summed E-state index contributed by atoms with van der Waals surface area (Å²) in [7, 11) is 1.62. The van der Waals surface area contributed by atoms with Crippen molar-refractivity contribution in [1.29, 1.82) is 0 Å². The lowest BCUT2D eigenvalue weighted by molar-refractivity contribution is 0.420. The molecule has 2 aromatic heterocycles. The first-order chi connectivity index (χ1) is 9.79. The molecule has 0 atom stereocenters. The molecule has 0 unspecified atom stereocenters. The van der Waals surface area contributed by atoms with Crippen LogP contribution < -0.4 is 10.4 Å². The fourth-order valence-electron chi connectivity index (χ4n) is 2.59. The van der Waals surface area contributed by atoms with Crippen molar-refractivity contribution in [3.8, 4) is 5.75 Å². The van der Waals surface area contributed by atoms with Crippen LogP contribution in [0.3, 0.4) is 0 Å². The molecule has 0 saturated carbocycles. The van der Waals surface area contributed by atoms with E-state index in [0.29, 0.717) is 16.6 Å². The summed E-state index contributed by atoms with van der Waals surface area (Å²) in [6, 6.07) is 11.1. The lowest BCUT2D eigenvalue weighted by Gasteiger charge is -2.08. The Hall–Kier alpha value is -2.75. The predicted molar refractivity (Wildman–Crippen MR) is 76.3 cm³/mol. The number of hydrogen-bond acceptors (Lipinski definition) is 4. The molecule has 0 aliphatic heterocycles. The molecule has 0 aliphatic carbocycles. The van der Waals surface area contributed by atoms with Gasteiger partial charge in [0.25, 0.3) is 0 Å². The first-order valence-electron chi connectivity index (χ1n) is 6.19. The first kappa shape index (κ1) is 11.1. The van der Waals surface area contributed by atoms with Crippen molar-refractivity contribution in [3.05, 3.63) is 53.1 Å². The Balaban J connectivity index is 2.37. The van der Waals surface area contributed by atoms with E-state index in [2.05, 4.69) is 0 Å². The van der Waals surface area contributed by atoms with E-state index < -0.39 is 5.63 Å². The Bertz CT molecular complexity index is 1010. The van der Waals surface area contributed by atoms with Crippen molar-refractivity contribution in [3.63, 3.8) is 0 Å². The summed E-state index contributed by atoms with van der Waals surface area (Å²) in [6.45, 7) is 0. The van der Waals surface area contributed by atoms with Gasteiger partial charge in [0.15, 0.2) is 5.58 Å². The van der Waals surface area contributed by atoms with Gasteiger partial charge in [-0.2, -0.15) is 0 Å². The molecule has 0 saturated heterocycles. The predicted octanol–water partition coefficient (Wildman–Crippen LogP) is 3.70. The van der Waals surface area contributed by atoms with Crippen LogP contribution in [0.4, 0.5) is 0 Å². The summed E-state index contributed by atoms with van der Waals surface area (Å²) in [5, 5.41) is 2.91. The van der Waals surface area contributed by atoms with Gasteiger partial charge in [-0.25, -0.2) is 4.79 Å². The highest BCUT2D eigenvalue weighted by Crippen LogP contribution is 2.35. The highest BCUT2D eigenvalue weighted by Gasteiger charge is 2.15. The second-order valence-corrected chi connectivity index (χ2v) is 4.55. The molecular weight excluding hydrogens is 256 g/mol. The maximum Gasteiger partial charge on any atom is 0.347 e. The van der Waals surface area contributed by atoms with E-state index in [1.54, 1.807) is 13.2 Å².